The normalized spacial score (nSPS) is 10.9. The van der Waals surface area contributed by atoms with Crippen LogP contribution in [0, 0.1) is 0 Å². The lowest BCUT2D eigenvalue weighted by Gasteiger charge is -2.24. The Kier molecular flexibility index (Phi) is 6.52. The van der Waals surface area contributed by atoms with Gasteiger partial charge < -0.3 is 9.16 Å². The minimum atomic E-state index is -1.70. The molecule has 0 heterocycles. The van der Waals surface area contributed by atoms with Gasteiger partial charge in [0, 0.05) is 5.57 Å². The number of carbonyl (C=O) groups excluding carboxylic acids is 1. The Labute approximate surface area is 122 Å². The van der Waals surface area contributed by atoms with Crippen molar-refractivity contribution >= 4 is 14.3 Å². The molecule has 1 rings (SSSR count). The van der Waals surface area contributed by atoms with Crippen molar-refractivity contribution in [1.29, 1.82) is 0 Å². The average Bonchev–Trinajstić information content (AvgIpc) is 2.38. The quantitative estimate of drug-likeness (QED) is 0.312. The van der Waals surface area contributed by atoms with Crippen LogP contribution in [0.3, 0.4) is 0 Å². The maximum atomic E-state index is 11.2. The van der Waals surface area contributed by atoms with Gasteiger partial charge in [-0.1, -0.05) is 24.8 Å². The van der Waals surface area contributed by atoms with Gasteiger partial charge in [-0.2, -0.15) is 0 Å². The zero-order valence-electron chi connectivity index (χ0n) is 12.6. The summed E-state index contributed by atoms with van der Waals surface area (Å²) in [7, 11) is -1.70. The molecule has 1 aromatic carbocycles. The Balaban J connectivity index is 2.23. The molecule has 0 fully saturated rings. The lowest BCUT2D eigenvalue weighted by molar-refractivity contribution is -0.139. The van der Waals surface area contributed by atoms with E-state index >= 15 is 0 Å². The molecule has 0 radical (unpaired) electrons. The molecule has 1 aromatic rings. The van der Waals surface area contributed by atoms with Gasteiger partial charge in [0.1, 0.15) is 5.75 Å². The minimum absolute atomic E-state index is 0.304. The van der Waals surface area contributed by atoms with E-state index < -0.39 is 8.32 Å². The van der Waals surface area contributed by atoms with Crippen molar-refractivity contribution in [2.75, 3.05) is 6.61 Å². The molecule has 0 aliphatic rings. The summed E-state index contributed by atoms with van der Waals surface area (Å²) in [4.78, 5) is 11.2. The average molecular weight is 292 g/mol. The van der Waals surface area contributed by atoms with Crippen molar-refractivity contribution in [2.24, 2.45) is 0 Å². The molecule has 110 valence electrons. The summed E-state index contributed by atoms with van der Waals surface area (Å²) in [6.45, 7) is 10.1. The van der Waals surface area contributed by atoms with E-state index in [1.54, 1.807) is 6.92 Å². The van der Waals surface area contributed by atoms with E-state index in [2.05, 4.69) is 19.7 Å². The maximum absolute atomic E-state index is 11.2. The Morgan fingerprint density at radius 3 is 2.45 bits per heavy atom. The predicted octanol–water partition coefficient (Wildman–Crippen LogP) is 4.17. The monoisotopic (exact) mass is 292 g/mol. The molecule has 0 aliphatic heterocycles. The van der Waals surface area contributed by atoms with Crippen LogP contribution in [0.2, 0.25) is 19.1 Å². The molecule has 0 saturated heterocycles. The number of para-hydroxylation sites is 1. The van der Waals surface area contributed by atoms with Crippen LogP contribution < -0.4 is 4.43 Å². The molecule has 0 aliphatic carbocycles. The second-order valence-corrected chi connectivity index (χ2v) is 9.77. The van der Waals surface area contributed by atoms with Crippen molar-refractivity contribution in [1.82, 2.24) is 0 Å². The molecular weight excluding hydrogens is 268 g/mol. The topological polar surface area (TPSA) is 35.5 Å². The maximum Gasteiger partial charge on any atom is 0.333 e. The molecule has 0 atom stereocenters. The number of ether oxygens (including phenoxy) is 1. The fourth-order valence-corrected chi connectivity index (χ4v) is 3.78. The van der Waals surface area contributed by atoms with Crippen LogP contribution in [0.5, 0.6) is 5.75 Å². The second-order valence-electron chi connectivity index (χ2n) is 5.55. The van der Waals surface area contributed by atoms with Crippen LogP contribution in [0.25, 0.3) is 0 Å². The smallest absolute Gasteiger partial charge is 0.333 e. The van der Waals surface area contributed by atoms with Crippen LogP contribution >= 0.6 is 0 Å². The molecule has 3 nitrogen and oxygen atoms in total. The highest BCUT2D eigenvalue weighted by molar-refractivity contribution is 6.71. The number of carbonyl (C=O) groups is 1. The molecule has 0 saturated carbocycles. The SMILES string of the molecule is C=C(C)C(=O)OCCCC[Si](C)(C)Oc1ccccc1. The minimum Gasteiger partial charge on any atom is -0.544 e. The predicted molar refractivity (Wildman–Crippen MR) is 84.4 cm³/mol. The molecule has 0 bridgehead atoms. The Hall–Kier alpha value is -1.55. The zero-order chi connectivity index (χ0) is 15.0. The van der Waals surface area contributed by atoms with Gasteiger partial charge in [0.2, 0.25) is 8.32 Å². The van der Waals surface area contributed by atoms with Crippen LogP contribution in [-0.4, -0.2) is 20.9 Å². The lowest BCUT2D eigenvalue weighted by Crippen LogP contribution is -2.33. The number of hydrogen-bond donors (Lipinski definition) is 0. The van der Waals surface area contributed by atoms with Gasteiger partial charge in [0.25, 0.3) is 0 Å². The second kappa shape index (κ2) is 7.90. The Bertz CT molecular complexity index is 440. The molecule has 0 unspecified atom stereocenters. The lowest BCUT2D eigenvalue weighted by atomic mass is 10.3. The van der Waals surface area contributed by atoms with E-state index in [9.17, 15) is 4.79 Å². The number of rotatable bonds is 8. The Morgan fingerprint density at radius 1 is 1.20 bits per heavy atom. The van der Waals surface area contributed by atoms with E-state index in [1.165, 1.54) is 0 Å². The molecule has 4 heteroatoms. The summed E-state index contributed by atoms with van der Waals surface area (Å²) < 4.78 is 11.2. The van der Waals surface area contributed by atoms with Gasteiger partial charge >= 0.3 is 5.97 Å². The van der Waals surface area contributed by atoms with Crippen LogP contribution in [0.1, 0.15) is 19.8 Å². The number of benzene rings is 1. The van der Waals surface area contributed by atoms with Crippen molar-refractivity contribution in [3.8, 4) is 5.75 Å². The highest BCUT2D eigenvalue weighted by Gasteiger charge is 2.23. The van der Waals surface area contributed by atoms with Crippen LogP contribution in [0.4, 0.5) is 0 Å². The first kappa shape index (κ1) is 16.5. The van der Waals surface area contributed by atoms with Gasteiger partial charge in [-0.3, -0.25) is 0 Å². The summed E-state index contributed by atoms with van der Waals surface area (Å²) in [5.74, 6) is 0.639. The highest BCUT2D eigenvalue weighted by Crippen LogP contribution is 2.20. The molecular formula is C16H24O3Si. The molecule has 0 N–H and O–H groups in total. The first-order valence-corrected chi connectivity index (χ1v) is 10.1. The van der Waals surface area contributed by atoms with Crippen molar-refractivity contribution in [3.05, 3.63) is 42.5 Å². The first-order chi connectivity index (χ1) is 9.41. The van der Waals surface area contributed by atoms with Gasteiger partial charge in [0.15, 0.2) is 0 Å². The van der Waals surface area contributed by atoms with E-state index in [-0.39, 0.29) is 5.97 Å². The third-order valence-corrected chi connectivity index (χ3v) is 5.24. The van der Waals surface area contributed by atoms with E-state index in [0.29, 0.717) is 12.2 Å². The summed E-state index contributed by atoms with van der Waals surface area (Å²) in [6.07, 6.45) is 1.88. The van der Waals surface area contributed by atoms with Gasteiger partial charge in [-0.25, -0.2) is 4.79 Å². The number of hydrogen-bond acceptors (Lipinski definition) is 3. The van der Waals surface area contributed by atoms with Gasteiger partial charge in [-0.15, -0.1) is 0 Å². The highest BCUT2D eigenvalue weighted by atomic mass is 28.4. The Morgan fingerprint density at radius 2 is 1.85 bits per heavy atom. The standard InChI is InChI=1S/C16H24O3Si/c1-14(2)16(17)18-12-8-9-13-20(3,4)19-15-10-6-5-7-11-15/h5-7,10-11H,1,8-9,12-13H2,2-4H3. The van der Waals surface area contributed by atoms with Crippen molar-refractivity contribution < 1.29 is 14.0 Å². The van der Waals surface area contributed by atoms with E-state index in [1.807, 2.05) is 30.3 Å². The van der Waals surface area contributed by atoms with Crippen molar-refractivity contribution in [3.63, 3.8) is 0 Å². The van der Waals surface area contributed by atoms with E-state index in [0.717, 1.165) is 24.6 Å². The summed E-state index contributed by atoms with van der Waals surface area (Å²) in [5.41, 5.74) is 0.451. The largest absolute Gasteiger partial charge is 0.544 e. The number of esters is 1. The fraction of sp³-hybridized carbons (Fsp3) is 0.438. The third kappa shape index (κ3) is 6.57. The molecule has 0 spiro atoms. The molecule has 20 heavy (non-hydrogen) atoms. The summed E-state index contributed by atoms with van der Waals surface area (Å²) in [6, 6.07) is 11.0. The van der Waals surface area contributed by atoms with Gasteiger partial charge in [-0.05, 0) is 51.0 Å². The summed E-state index contributed by atoms with van der Waals surface area (Å²) >= 11 is 0. The van der Waals surface area contributed by atoms with E-state index in [4.69, 9.17) is 9.16 Å². The van der Waals surface area contributed by atoms with Crippen LogP contribution in [-0.2, 0) is 9.53 Å². The first-order valence-electron chi connectivity index (χ1n) is 6.97. The van der Waals surface area contributed by atoms with Crippen LogP contribution in [0.15, 0.2) is 42.5 Å². The van der Waals surface area contributed by atoms with Gasteiger partial charge in [0.05, 0.1) is 6.61 Å². The zero-order valence-corrected chi connectivity index (χ0v) is 13.6. The summed E-state index contributed by atoms with van der Waals surface area (Å²) in [5, 5.41) is 0. The fourth-order valence-electron chi connectivity index (χ4n) is 1.80. The third-order valence-electron chi connectivity index (χ3n) is 2.89. The van der Waals surface area contributed by atoms with Crippen molar-refractivity contribution in [2.45, 2.75) is 38.9 Å². The molecule has 0 amide bonds. The molecule has 0 aromatic heterocycles. The number of unbranched alkanes of at least 4 members (excludes halogenated alkanes) is 1.